The van der Waals surface area contributed by atoms with E-state index in [-0.39, 0.29) is 11.8 Å². The van der Waals surface area contributed by atoms with Crippen molar-refractivity contribution in [2.75, 3.05) is 25.1 Å². The predicted molar refractivity (Wildman–Crippen MR) is 92.7 cm³/mol. The highest BCUT2D eigenvalue weighted by atomic mass is 16.5. The molecule has 0 fully saturated rings. The molecule has 5 heteroatoms. The summed E-state index contributed by atoms with van der Waals surface area (Å²) < 4.78 is 4.79. The summed E-state index contributed by atoms with van der Waals surface area (Å²) in [4.78, 5) is 26.4. The second-order valence-electron chi connectivity index (χ2n) is 5.58. The third-order valence-corrected chi connectivity index (χ3v) is 4.21. The van der Waals surface area contributed by atoms with E-state index in [4.69, 9.17) is 4.74 Å². The van der Waals surface area contributed by atoms with Crippen molar-refractivity contribution < 1.29 is 14.3 Å². The maximum atomic E-state index is 12.4. The highest BCUT2D eigenvalue weighted by Gasteiger charge is 2.27. The van der Waals surface area contributed by atoms with Crippen molar-refractivity contribution in [2.45, 2.75) is 40.2 Å². The summed E-state index contributed by atoms with van der Waals surface area (Å²) in [5, 5.41) is 2.78. The lowest BCUT2D eigenvalue weighted by Crippen LogP contribution is -2.45. The Balaban J connectivity index is 2.85. The molecule has 5 nitrogen and oxygen atoms in total. The summed E-state index contributed by atoms with van der Waals surface area (Å²) in [5.41, 5.74) is 1.62. The van der Waals surface area contributed by atoms with Gasteiger partial charge in [0, 0.05) is 24.3 Å². The average Bonchev–Trinajstić information content (AvgIpc) is 2.59. The zero-order valence-electron chi connectivity index (χ0n) is 14.8. The molecule has 0 aliphatic rings. The van der Waals surface area contributed by atoms with Crippen LogP contribution in [0.4, 0.5) is 5.69 Å². The smallest absolute Gasteiger partial charge is 0.328 e. The number of esters is 1. The molecule has 1 aromatic rings. The van der Waals surface area contributed by atoms with E-state index in [1.807, 2.05) is 26.0 Å². The van der Waals surface area contributed by atoms with Crippen molar-refractivity contribution in [3.63, 3.8) is 0 Å². The summed E-state index contributed by atoms with van der Waals surface area (Å²) in [6.07, 6.45) is 0.779. The van der Waals surface area contributed by atoms with E-state index in [0.717, 1.165) is 25.2 Å². The first-order chi connectivity index (χ1) is 11.0. The van der Waals surface area contributed by atoms with Crippen molar-refractivity contribution in [1.82, 2.24) is 5.32 Å². The lowest BCUT2D eigenvalue weighted by atomic mass is 9.99. The van der Waals surface area contributed by atoms with Crippen LogP contribution in [0.2, 0.25) is 0 Å². The van der Waals surface area contributed by atoms with Crippen molar-refractivity contribution in [2.24, 2.45) is 5.92 Å². The van der Waals surface area contributed by atoms with E-state index in [1.165, 1.54) is 7.11 Å². The SMILES string of the molecule is CC[C@H](C)[C@H](NC(=O)c1ccc(N(CC)CC)cc1)C(=O)OC. The highest BCUT2D eigenvalue weighted by molar-refractivity contribution is 5.97. The largest absolute Gasteiger partial charge is 0.467 e. The Labute approximate surface area is 139 Å². The molecular formula is C18H28N2O3. The van der Waals surface area contributed by atoms with Crippen LogP contribution in [0.1, 0.15) is 44.5 Å². The second-order valence-corrected chi connectivity index (χ2v) is 5.58. The molecule has 23 heavy (non-hydrogen) atoms. The third-order valence-electron chi connectivity index (χ3n) is 4.21. The summed E-state index contributed by atoms with van der Waals surface area (Å²) in [6, 6.07) is 6.80. The minimum atomic E-state index is -0.625. The van der Waals surface area contributed by atoms with Gasteiger partial charge < -0.3 is 15.0 Å². The maximum absolute atomic E-state index is 12.4. The van der Waals surface area contributed by atoms with Crippen molar-refractivity contribution in [3.05, 3.63) is 29.8 Å². The number of rotatable bonds is 8. The molecule has 0 aromatic heterocycles. The number of carbonyl (C=O) groups excluding carboxylic acids is 2. The standard InChI is InChI=1S/C18H28N2O3/c1-6-13(4)16(18(22)23-5)19-17(21)14-9-11-15(12-10-14)20(7-2)8-3/h9-13,16H,6-8H2,1-5H3,(H,19,21)/t13-,16-/m0/s1. The number of carbonyl (C=O) groups is 2. The number of hydrogen-bond acceptors (Lipinski definition) is 4. The Morgan fingerprint density at radius 1 is 1.13 bits per heavy atom. The van der Waals surface area contributed by atoms with Gasteiger partial charge in [0.05, 0.1) is 7.11 Å². The van der Waals surface area contributed by atoms with Gasteiger partial charge in [-0.15, -0.1) is 0 Å². The quantitative estimate of drug-likeness (QED) is 0.748. The van der Waals surface area contributed by atoms with Crippen LogP contribution in [0.15, 0.2) is 24.3 Å². The van der Waals surface area contributed by atoms with Crippen LogP contribution in [0.3, 0.4) is 0 Å². The molecule has 0 heterocycles. The Kier molecular flexibility index (Phi) is 7.59. The molecule has 0 aliphatic carbocycles. The van der Waals surface area contributed by atoms with E-state index in [9.17, 15) is 9.59 Å². The van der Waals surface area contributed by atoms with Crippen molar-refractivity contribution >= 4 is 17.6 Å². The van der Waals surface area contributed by atoms with E-state index in [1.54, 1.807) is 12.1 Å². The van der Waals surface area contributed by atoms with E-state index in [0.29, 0.717) is 5.56 Å². The summed E-state index contributed by atoms with van der Waals surface area (Å²) in [5.74, 6) is -0.652. The number of hydrogen-bond donors (Lipinski definition) is 1. The molecule has 0 bridgehead atoms. The monoisotopic (exact) mass is 320 g/mol. The van der Waals surface area contributed by atoms with E-state index in [2.05, 4.69) is 24.1 Å². The van der Waals surface area contributed by atoms with Crippen LogP contribution in [0, 0.1) is 5.92 Å². The predicted octanol–water partition coefficient (Wildman–Crippen LogP) is 2.85. The summed E-state index contributed by atoms with van der Waals surface area (Å²) in [7, 11) is 1.34. The molecule has 1 rings (SSSR count). The van der Waals surface area contributed by atoms with Gasteiger partial charge in [0.1, 0.15) is 6.04 Å². The van der Waals surface area contributed by atoms with Gasteiger partial charge in [-0.2, -0.15) is 0 Å². The fraction of sp³-hybridized carbons (Fsp3) is 0.556. The van der Waals surface area contributed by atoms with Crippen LogP contribution >= 0.6 is 0 Å². The number of anilines is 1. The number of ether oxygens (including phenoxy) is 1. The lowest BCUT2D eigenvalue weighted by molar-refractivity contribution is -0.144. The van der Waals surface area contributed by atoms with Crippen LogP contribution < -0.4 is 10.2 Å². The molecule has 0 aliphatic heterocycles. The topological polar surface area (TPSA) is 58.6 Å². The molecule has 0 unspecified atom stereocenters. The zero-order valence-corrected chi connectivity index (χ0v) is 14.8. The molecule has 128 valence electrons. The van der Waals surface area contributed by atoms with Crippen molar-refractivity contribution in [3.8, 4) is 0 Å². The Morgan fingerprint density at radius 2 is 1.70 bits per heavy atom. The molecule has 0 radical (unpaired) electrons. The molecular weight excluding hydrogens is 292 g/mol. The molecule has 1 N–H and O–H groups in total. The third kappa shape index (κ3) is 4.98. The highest BCUT2D eigenvalue weighted by Crippen LogP contribution is 2.16. The average molecular weight is 320 g/mol. The fourth-order valence-corrected chi connectivity index (χ4v) is 2.43. The fourth-order valence-electron chi connectivity index (χ4n) is 2.43. The van der Waals surface area contributed by atoms with Crippen molar-refractivity contribution in [1.29, 1.82) is 0 Å². The Morgan fingerprint density at radius 3 is 2.13 bits per heavy atom. The van der Waals surface area contributed by atoms with Gasteiger partial charge in [0.2, 0.25) is 0 Å². The first kappa shape index (κ1) is 19.0. The van der Waals surface area contributed by atoms with Gasteiger partial charge in [-0.3, -0.25) is 4.79 Å². The van der Waals surface area contributed by atoms with Crippen LogP contribution in [-0.2, 0) is 9.53 Å². The van der Waals surface area contributed by atoms with Gasteiger partial charge in [-0.1, -0.05) is 20.3 Å². The van der Waals surface area contributed by atoms with Crippen LogP contribution in [0.25, 0.3) is 0 Å². The van der Waals surface area contributed by atoms with Gasteiger partial charge in [0.15, 0.2) is 0 Å². The van der Waals surface area contributed by atoms with Crippen LogP contribution in [0.5, 0.6) is 0 Å². The van der Waals surface area contributed by atoms with Gasteiger partial charge in [-0.05, 0) is 44.0 Å². The van der Waals surface area contributed by atoms with Gasteiger partial charge >= 0.3 is 5.97 Å². The normalized spacial score (nSPS) is 13.1. The number of amides is 1. The zero-order chi connectivity index (χ0) is 17.4. The second kappa shape index (κ2) is 9.18. The number of nitrogens with zero attached hydrogens (tertiary/aromatic N) is 1. The maximum Gasteiger partial charge on any atom is 0.328 e. The number of benzene rings is 1. The first-order valence-electron chi connectivity index (χ1n) is 8.22. The molecule has 0 saturated carbocycles. The minimum absolute atomic E-state index is 0.0151. The van der Waals surface area contributed by atoms with Gasteiger partial charge in [0.25, 0.3) is 5.91 Å². The Bertz CT molecular complexity index is 510. The summed E-state index contributed by atoms with van der Waals surface area (Å²) >= 11 is 0. The van der Waals surface area contributed by atoms with E-state index < -0.39 is 12.0 Å². The molecule has 0 spiro atoms. The molecule has 1 amide bonds. The minimum Gasteiger partial charge on any atom is -0.467 e. The van der Waals surface area contributed by atoms with Crippen LogP contribution in [-0.4, -0.2) is 38.1 Å². The van der Waals surface area contributed by atoms with Gasteiger partial charge in [-0.25, -0.2) is 4.79 Å². The first-order valence-corrected chi connectivity index (χ1v) is 8.22. The lowest BCUT2D eigenvalue weighted by Gasteiger charge is -2.23. The molecule has 2 atom stereocenters. The molecule has 1 aromatic carbocycles. The van der Waals surface area contributed by atoms with E-state index >= 15 is 0 Å². The number of nitrogens with one attached hydrogen (secondary N) is 1. The number of methoxy groups -OCH3 is 1. The Hall–Kier alpha value is -2.04. The summed E-state index contributed by atoms with van der Waals surface area (Å²) in [6.45, 7) is 9.92. The molecule has 0 saturated heterocycles.